The number of aryl methyl sites for hydroxylation is 2. The van der Waals surface area contributed by atoms with Crippen molar-refractivity contribution in [2.45, 2.75) is 33.6 Å². The van der Waals surface area contributed by atoms with Gasteiger partial charge < -0.3 is 9.84 Å². The third-order valence-corrected chi connectivity index (χ3v) is 3.75. The molecule has 0 atom stereocenters. The number of hydrogen-bond acceptors (Lipinski definition) is 3. The predicted octanol–water partition coefficient (Wildman–Crippen LogP) is 4.27. The second-order valence-corrected chi connectivity index (χ2v) is 6.32. The van der Waals surface area contributed by atoms with E-state index in [1.54, 1.807) is 6.92 Å². The second kappa shape index (κ2) is 5.95. The lowest BCUT2D eigenvalue weighted by atomic mass is 10.0. The van der Waals surface area contributed by atoms with Crippen LogP contribution in [-0.2, 0) is 0 Å². The maximum Gasteiger partial charge on any atom is 0.261 e. The minimum atomic E-state index is -0.170. The third-order valence-electron chi connectivity index (χ3n) is 3.08. The molecule has 2 aromatic rings. The lowest BCUT2D eigenvalue weighted by Gasteiger charge is -2.09. The van der Waals surface area contributed by atoms with E-state index in [0.29, 0.717) is 17.0 Å². The number of amides is 1. The summed E-state index contributed by atoms with van der Waals surface area (Å²) in [5, 5.41) is 6.83. The third kappa shape index (κ3) is 3.03. The van der Waals surface area contributed by atoms with Crippen molar-refractivity contribution >= 4 is 34.2 Å². The highest BCUT2D eigenvalue weighted by Crippen LogP contribution is 2.24. The molecule has 0 bridgehead atoms. The molecule has 0 aliphatic carbocycles. The zero-order valence-electron chi connectivity index (χ0n) is 12.0. The Hall–Kier alpha value is -1.37. The van der Waals surface area contributed by atoms with E-state index in [-0.39, 0.29) is 11.8 Å². The number of aromatic nitrogens is 1. The van der Waals surface area contributed by atoms with E-state index < -0.39 is 0 Å². The van der Waals surface area contributed by atoms with Crippen molar-refractivity contribution in [2.24, 2.45) is 0 Å². The molecule has 0 unspecified atom stereocenters. The molecule has 1 heterocycles. The van der Waals surface area contributed by atoms with Crippen LogP contribution in [-0.4, -0.2) is 11.1 Å². The van der Waals surface area contributed by atoms with Crippen LogP contribution in [0.2, 0.25) is 0 Å². The predicted molar refractivity (Wildman–Crippen MR) is 87.2 cm³/mol. The minimum Gasteiger partial charge on any atom is -0.360 e. The molecule has 20 heavy (non-hydrogen) atoms. The maximum atomic E-state index is 12.4. The minimum absolute atomic E-state index is 0.120. The zero-order valence-corrected chi connectivity index (χ0v) is 14.1. The van der Waals surface area contributed by atoms with Gasteiger partial charge in [-0.2, -0.15) is 0 Å². The number of anilines is 1. The van der Waals surface area contributed by atoms with E-state index in [1.807, 2.05) is 39.0 Å². The molecule has 1 N–H and O–H groups in total. The van der Waals surface area contributed by atoms with Crippen molar-refractivity contribution in [1.82, 2.24) is 5.16 Å². The van der Waals surface area contributed by atoms with Gasteiger partial charge in [-0.05, 0) is 60.2 Å². The standard InChI is InChI=1S/C15H17IN2O2/c1-8(2)14-13(10(4)18-20-14)15(19)17-12-6-5-11(16)7-9(12)3/h5-8H,1-4H3,(H,17,19). The average Bonchev–Trinajstić information content (AvgIpc) is 2.75. The van der Waals surface area contributed by atoms with E-state index in [9.17, 15) is 4.79 Å². The Morgan fingerprint density at radius 2 is 2.05 bits per heavy atom. The molecule has 0 spiro atoms. The number of halogens is 1. The maximum absolute atomic E-state index is 12.4. The van der Waals surface area contributed by atoms with Gasteiger partial charge >= 0.3 is 0 Å². The van der Waals surface area contributed by atoms with Crippen molar-refractivity contribution in [3.05, 3.63) is 44.4 Å². The zero-order chi connectivity index (χ0) is 14.9. The van der Waals surface area contributed by atoms with E-state index in [0.717, 1.165) is 14.8 Å². The molecular weight excluding hydrogens is 367 g/mol. The lowest BCUT2D eigenvalue weighted by molar-refractivity contribution is 0.102. The molecule has 4 nitrogen and oxygen atoms in total. The quantitative estimate of drug-likeness (QED) is 0.805. The van der Waals surface area contributed by atoms with Gasteiger partial charge in [0.1, 0.15) is 5.56 Å². The van der Waals surface area contributed by atoms with E-state index >= 15 is 0 Å². The summed E-state index contributed by atoms with van der Waals surface area (Å²) in [6, 6.07) is 5.90. The molecule has 0 aliphatic rings. The van der Waals surface area contributed by atoms with Gasteiger partial charge in [0.05, 0.1) is 5.69 Å². The van der Waals surface area contributed by atoms with Crippen molar-refractivity contribution in [2.75, 3.05) is 5.32 Å². The number of nitrogens with one attached hydrogen (secondary N) is 1. The highest BCUT2D eigenvalue weighted by atomic mass is 127. The topological polar surface area (TPSA) is 55.1 Å². The normalized spacial score (nSPS) is 10.9. The number of benzene rings is 1. The molecule has 106 valence electrons. The molecule has 0 aliphatic heterocycles. The first kappa shape index (κ1) is 15.0. The summed E-state index contributed by atoms with van der Waals surface area (Å²) in [5.41, 5.74) is 3.00. The Balaban J connectivity index is 2.31. The molecule has 0 saturated carbocycles. The fraction of sp³-hybridized carbons (Fsp3) is 0.333. The summed E-state index contributed by atoms with van der Waals surface area (Å²) < 4.78 is 6.39. The summed E-state index contributed by atoms with van der Waals surface area (Å²) in [5.74, 6) is 0.578. The molecule has 0 radical (unpaired) electrons. The molecule has 0 saturated heterocycles. The van der Waals surface area contributed by atoms with Gasteiger partial charge in [-0.1, -0.05) is 19.0 Å². The Labute approximate surface area is 132 Å². The van der Waals surface area contributed by atoms with Crippen LogP contribution in [0.15, 0.2) is 22.7 Å². The Bertz CT molecular complexity index is 647. The smallest absolute Gasteiger partial charge is 0.261 e. The lowest BCUT2D eigenvalue weighted by Crippen LogP contribution is -2.15. The van der Waals surface area contributed by atoms with Gasteiger partial charge in [0, 0.05) is 15.2 Å². The van der Waals surface area contributed by atoms with Crippen LogP contribution in [0.25, 0.3) is 0 Å². The number of hydrogen-bond donors (Lipinski definition) is 1. The molecule has 1 amide bonds. The molecule has 0 fully saturated rings. The van der Waals surface area contributed by atoms with E-state index in [1.165, 1.54) is 0 Å². The number of rotatable bonds is 3. The Morgan fingerprint density at radius 1 is 1.35 bits per heavy atom. The number of carbonyl (C=O) groups excluding carboxylic acids is 1. The van der Waals surface area contributed by atoms with Crippen LogP contribution in [0.3, 0.4) is 0 Å². The molecular formula is C15H17IN2O2. The van der Waals surface area contributed by atoms with Gasteiger partial charge in [0.25, 0.3) is 5.91 Å². The summed E-state index contributed by atoms with van der Waals surface area (Å²) in [6.07, 6.45) is 0. The average molecular weight is 384 g/mol. The Morgan fingerprint density at radius 3 is 2.65 bits per heavy atom. The van der Waals surface area contributed by atoms with Crippen molar-refractivity contribution in [3.8, 4) is 0 Å². The Kier molecular flexibility index (Phi) is 4.47. The summed E-state index contributed by atoms with van der Waals surface area (Å²) in [6.45, 7) is 7.71. The SMILES string of the molecule is Cc1cc(I)ccc1NC(=O)c1c(C)noc1C(C)C. The van der Waals surface area contributed by atoms with Gasteiger partial charge in [0.2, 0.25) is 0 Å². The summed E-state index contributed by atoms with van der Waals surface area (Å²) in [7, 11) is 0. The highest BCUT2D eigenvalue weighted by Gasteiger charge is 2.22. The first-order valence-electron chi connectivity index (χ1n) is 6.43. The monoisotopic (exact) mass is 384 g/mol. The van der Waals surface area contributed by atoms with Crippen molar-refractivity contribution in [1.29, 1.82) is 0 Å². The molecule has 1 aromatic heterocycles. The van der Waals surface area contributed by atoms with Crippen LogP contribution in [0.5, 0.6) is 0 Å². The second-order valence-electron chi connectivity index (χ2n) is 5.08. The van der Waals surface area contributed by atoms with Crippen LogP contribution >= 0.6 is 22.6 Å². The van der Waals surface area contributed by atoms with Crippen molar-refractivity contribution < 1.29 is 9.32 Å². The van der Waals surface area contributed by atoms with Gasteiger partial charge in [-0.15, -0.1) is 0 Å². The fourth-order valence-corrected chi connectivity index (χ4v) is 2.66. The molecule has 5 heteroatoms. The first-order valence-corrected chi connectivity index (χ1v) is 7.51. The molecule has 2 rings (SSSR count). The van der Waals surface area contributed by atoms with Gasteiger partial charge in [-0.25, -0.2) is 0 Å². The van der Waals surface area contributed by atoms with Crippen LogP contribution in [0, 0.1) is 17.4 Å². The van der Waals surface area contributed by atoms with E-state index in [4.69, 9.17) is 4.52 Å². The van der Waals surface area contributed by atoms with Gasteiger partial charge in [0.15, 0.2) is 5.76 Å². The largest absolute Gasteiger partial charge is 0.360 e. The van der Waals surface area contributed by atoms with Gasteiger partial charge in [-0.3, -0.25) is 4.79 Å². The highest BCUT2D eigenvalue weighted by molar-refractivity contribution is 14.1. The van der Waals surface area contributed by atoms with Crippen LogP contribution in [0.1, 0.15) is 47.1 Å². The first-order chi connectivity index (χ1) is 9.40. The van der Waals surface area contributed by atoms with Crippen LogP contribution in [0.4, 0.5) is 5.69 Å². The number of carbonyl (C=O) groups is 1. The summed E-state index contributed by atoms with van der Waals surface area (Å²) in [4.78, 5) is 12.4. The van der Waals surface area contributed by atoms with Crippen LogP contribution < -0.4 is 5.32 Å². The fourth-order valence-electron chi connectivity index (χ4n) is 2.01. The van der Waals surface area contributed by atoms with Crippen molar-refractivity contribution in [3.63, 3.8) is 0 Å². The summed E-state index contributed by atoms with van der Waals surface area (Å²) >= 11 is 2.25. The molecule has 1 aromatic carbocycles. The number of nitrogens with zero attached hydrogens (tertiary/aromatic N) is 1. The van der Waals surface area contributed by atoms with E-state index in [2.05, 4.69) is 33.1 Å².